The van der Waals surface area contributed by atoms with Gasteiger partial charge in [0, 0.05) is 30.8 Å². The lowest BCUT2D eigenvalue weighted by Gasteiger charge is -2.15. The number of rotatable bonds is 6. The van der Waals surface area contributed by atoms with Crippen LogP contribution in [0.1, 0.15) is 0 Å². The lowest BCUT2D eigenvalue weighted by Crippen LogP contribution is -2.26. The summed E-state index contributed by atoms with van der Waals surface area (Å²) in [6.07, 6.45) is 1.38. The average molecular weight is 314 g/mol. The monoisotopic (exact) mass is 314 g/mol. The second kappa shape index (κ2) is 6.59. The number of hydrogen-bond donors (Lipinski definition) is 4. The molecule has 0 radical (unpaired) electrons. The molecule has 3 aromatic rings. The summed E-state index contributed by atoms with van der Waals surface area (Å²) in [5, 5.41) is 20.0. The number of nitrogens with zero attached hydrogens (tertiary/aromatic N) is 3. The van der Waals surface area contributed by atoms with Crippen molar-refractivity contribution in [3.63, 3.8) is 0 Å². The van der Waals surface area contributed by atoms with Crippen molar-refractivity contribution >= 4 is 22.7 Å². The van der Waals surface area contributed by atoms with Crippen LogP contribution >= 0.6 is 0 Å². The summed E-state index contributed by atoms with van der Waals surface area (Å²) in [6, 6.07) is 7.69. The molecule has 1 aromatic carbocycles. The zero-order valence-corrected chi connectivity index (χ0v) is 12.7. The number of fused-ring (bicyclic) bond motifs is 1. The van der Waals surface area contributed by atoms with Crippen molar-refractivity contribution in [3.8, 4) is 11.3 Å². The summed E-state index contributed by atoms with van der Waals surface area (Å²) < 4.78 is 5.13. The number of H-pyrrole nitrogens is 1. The standard InChI is InChI=1S/C15H18N6O2/c1-23-10(8-22)7-17-14-11-3-2-9(12-4-5-18-21-12)6-13(11)19-15(16)20-14/h2-6,10,22H,7-8H2,1H3,(H,18,21)(H3,16,17,19,20). The second-order valence-corrected chi connectivity index (χ2v) is 5.05. The molecular formula is C15H18N6O2. The molecule has 1 atom stereocenters. The molecule has 0 aliphatic carbocycles. The first-order valence-corrected chi connectivity index (χ1v) is 7.16. The normalized spacial score (nSPS) is 12.4. The van der Waals surface area contributed by atoms with Gasteiger partial charge in [0.05, 0.1) is 23.9 Å². The van der Waals surface area contributed by atoms with Gasteiger partial charge in [-0.2, -0.15) is 10.1 Å². The second-order valence-electron chi connectivity index (χ2n) is 5.05. The van der Waals surface area contributed by atoms with E-state index in [-0.39, 0.29) is 18.7 Å². The SMILES string of the molecule is COC(CO)CNc1nc(N)nc2cc(-c3ccn[nH]3)ccc12. The molecule has 8 nitrogen and oxygen atoms in total. The van der Waals surface area contributed by atoms with E-state index in [4.69, 9.17) is 10.5 Å². The lowest BCUT2D eigenvalue weighted by molar-refractivity contribution is 0.0581. The Balaban J connectivity index is 1.95. The number of nitrogens with one attached hydrogen (secondary N) is 2. The van der Waals surface area contributed by atoms with E-state index in [0.29, 0.717) is 12.4 Å². The molecule has 0 fully saturated rings. The summed E-state index contributed by atoms with van der Waals surface area (Å²) in [5.74, 6) is 0.791. The minimum Gasteiger partial charge on any atom is -0.394 e. The van der Waals surface area contributed by atoms with Gasteiger partial charge in [-0.25, -0.2) is 4.98 Å². The first-order valence-electron chi connectivity index (χ1n) is 7.16. The Morgan fingerprint density at radius 2 is 2.22 bits per heavy atom. The van der Waals surface area contributed by atoms with Crippen LogP contribution in [0, 0.1) is 0 Å². The maximum absolute atomic E-state index is 9.18. The van der Waals surface area contributed by atoms with Crippen LogP contribution in [0.5, 0.6) is 0 Å². The van der Waals surface area contributed by atoms with Gasteiger partial charge in [-0.15, -0.1) is 0 Å². The average Bonchev–Trinajstić information content (AvgIpc) is 3.09. The van der Waals surface area contributed by atoms with Gasteiger partial charge < -0.3 is 20.9 Å². The number of methoxy groups -OCH3 is 1. The minimum atomic E-state index is -0.314. The molecule has 0 amide bonds. The van der Waals surface area contributed by atoms with E-state index in [1.807, 2.05) is 24.3 Å². The number of nitrogens with two attached hydrogens (primary N) is 1. The summed E-state index contributed by atoms with van der Waals surface area (Å²) in [4.78, 5) is 8.52. The van der Waals surface area contributed by atoms with Crippen LogP contribution in [-0.2, 0) is 4.74 Å². The topological polar surface area (TPSA) is 122 Å². The van der Waals surface area contributed by atoms with E-state index < -0.39 is 0 Å². The molecule has 0 aliphatic heterocycles. The number of nitrogen functional groups attached to an aromatic ring is 1. The van der Waals surface area contributed by atoms with Crippen molar-refractivity contribution in [2.24, 2.45) is 0 Å². The van der Waals surface area contributed by atoms with Gasteiger partial charge in [0.15, 0.2) is 0 Å². The fourth-order valence-corrected chi connectivity index (χ4v) is 2.30. The highest BCUT2D eigenvalue weighted by Gasteiger charge is 2.11. The number of aliphatic hydroxyl groups is 1. The molecule has 0 spiro atoms. The Morgan fingerprint density at radius 3 is 2.91 bits per heavy atom. The third kappa shape index (κ3) is 3.22. The smallest absolute Gasteiger partial charge is 0.222 e. The Kier molecular flexibility index (Phi) is 4.35. The number of hydrogen-bond acceptors (Lipinski definition) is 7. The number of ether oxygens (including phenoxy) is 1. The van der Waals surface area contributed by atoms with Crippen LogP contribution in [0.4, 0.5) is 11.8 Å². The van der Waals surface area contributed by atoms with Crippen LogP contribution < -0.4 is 11.1 Å². The molecule has 0 aliphatic rings. The zero-order chi connectivity index (χ0) is 16.2. The van der Waals surface area contributed by atoms with Crippen molar-refractivity contribution in [1.82, 2.24) is 20.2 Å². The highest BCUT2D eigenvalue weighted by Crippen LogP contribution is 2.26. The van der Waals surface area contributed by atoms with Gasteiger partial charge in [-0.1, -0.05) is 6.07 Å². The van der Waals surface area contributed by atoms with Gasteiger partial charge in [0.1, 0.15) is 5.82 Å². The summed E-state index contributed by atoms with van der Waals surface area (Å²) >= 11 is 0. The highest BCUT2D eigenvalue weighted by molar-refractivity contribution is 5.92. The molecule has 23 heavy (non-hydrogen) atoms. The van der Waals surface area contributed by atoms with Crippen molar-refractivity contribution in [1.29, 1.82) is 0 Å². The molecule has 120 valence electrons. The van der Waals surface area contributed by atoms with Gasteiger partial charge in [-0.05, 0) is 18.2 Å². The third-order valence-corrected chi connectivity index (χ3v) is 3.56. The molecule has 1 unspecified atom stereocenters. The predicted molar refractivity (Wildman–Crippen MR) is 87.9 cm³/mol. The van der Waals surface area contributed by atoms with Crippen LogP contribution in [0.3, 0.4) is 0 Å². The summed E-state index contributed by atoms with van der Waals surface area (Å²) in [5.41, 5.74) is 8.39. The van der Waals surface area contributed by atoms with E-state index in [2.05, 4.69) is 25.5 Å². The molecule has 0 bridgehead atoms. The van der Waals surface area contributed by atoms with E-state index in [1.165, 1.54) is 0 Å². The minimum absolute atomic E-state index is 0.0774. The molecular weight excluding hydrogens is 296 g/mol. The van der Waals surface area contributed by atoms with Crippen LogP contribution in [-0.4, -0.2) is 51.6 Å². The summed E-state index contributed by atoms with van der Waals surface area (Å²) in [7, 11) is 1.55. The number of aromatic amines is 1. The molecule has 5 N–H and O–H groups in total. The van der Waals surface area contributed by atoms with Crippen LogP contribution in [0.25, 0.3) is 22.2 Å². The molecule has 2 heterocycles. The third-order valence-electron chi connectivity index (χ3n) is 3.56. The van der Waals surface area contributed by atoms with E-state index in [0.717, 1.165) is 22.2 Å². The van der Waals surface area contributed by atoms with Crippen LogP contribution in [0.15, 0.2) is 30.5 Å². The van der Waals surface area contributed by atoms with E-state index in [1.54, 1.807) is 13.3 Å². The van der Waals surface area contributed by atoms with Crippen molar-refractivity contribution < 1.29 is 9.84 Å². The number of benzene rings is 1. The molecule has 2 aromatic heterocycles. The van der Waals surface area contributed by atoms with E-state index >= 15 is 0 Å². The summed E-state index contributed by atoms with van der Waals surface area (Å²) in [6.45, 7) is 0.340. The fraction of sp³-hybridized carbons (Fsp3) is 0.267. The Morgan fingerprint density at radius 1 is 1.35 bits per heavy atom. The zero-order valence-electron chi connectivity index (χ0n) is 12.7. The van der Waals surface area contributed by atoms with Gasteiger partial charge in [-0.3, -0.25) is 5.10 Å². The number of anilines is 2. The lowest BCUT2D eigenvalue weighted by atomic mass is 10.1. The Hall–Kier alpha value is -2.71. The van der Waals surface area contributed by atoms with Gasteiger partial charge in [0.2, 0.25) is 5.95 Å². The Labute approximate surface area is 132 Å². The molecule has 0 saturated heterocycles. The quantitative estimate of drug-likeness (QED) is 0.536. The number of aromatic nitrogens is 4. The van der Waals surface area contributed by atoms with Gasteiger partial charge in [0.25, 0.3) is 0 Å². The largest absolute Gasteiger partial charge is 0.394 e. The molecule has 8 heteroatoms. The van der Waals surface area contributed by atoms with Crippen molar-refractivity contribution in [2.75, 3.05) is 31.3 Å². The van der Waals surface area contributed by atoms with Crippen molar-refractivity contribution in [2.45, 2.75) is 6.10 Å². The maximum Gasteiger partial charge on any atom is 0.222 e. The first-order chi connectivity index (χ1) is 11.2. The van der Waals surface area contributed by atoms with Crippen molar-refractivity contribution in [3.05, 3.63) is 30.5 Å². The first kappa shape index (κ1) is 15.2. The van der Waals surface area contributed by atoms with E-state index in [9.17, 15) is 5.11 Å². The molecule has 0 saturated carbocycles. The fourth-order valence-electron chi connectivity index (χ4n) is 2.30. The Bertz CT molecular complexity index is 786. The van der Waals surface area contributed by atoms with Crippen LogP contribution in [0.2, 0.25) is 0 Å². The predicted octanol–water partition coefficient (Wildman–Crippen LogP) is 1.02. The molecule has 3 rings (SSSR count). The van der Waals surface area contributed by atoms with Gasteiger partial charge >= 0.3 is 0 Å². The number of aliphatic hydroxyl groups excluding tert-OH is 1. The highest BCUT2D eigenvalue weighted by atomic mass is 16.5. The maximum atomic E-state index is 9.18.